The monoisotopic (exact) mass is 480 g/mol. The van der Waals surface area contributed by atoms with Crippen molar-refractivity contribution in [1.82, 2.24) is 24.7 Å². The van der Waals surface area contributed by atoms with Crippen molar-refractivity contribution in [3.63, 3.8) is 0 Å². The van der Waals surface area contributed by atoms with Crippen molar-refractivity contribution in [3.05, 3.63) is 59.9 Å². The van der Waals surface area contributed by atoms with Gasteiger partial charge in [-0.1, -0.05) is 30.3 Å². The summed E-state index contributed by atoms with van der Waals surface area (Å²) in [4.78, 5) is 30.5. The topological polar surface area (TPSA) is 82.4 Å². The molecule has 1 aromatic carbocycles. The lowest BCUT2D eigenvalue weighted by molar-refractivity contribution is -0.133. The number of nitrogens with one attached hydrogen (secondary N) is 1. The molecule has 0 radical (unpaired) electrons. The molecule has 9 heteroatoms. The zero-order valence-corrected chi connectivity index (χ0v) is 20.9. The summed E-state index contributed by atoms with van der Waals surface area (Å²) in [5, 5.41) is 9.28. The number of carbonyl (C=O) groups is 2. The zero-order chi connectivity index (χ0) is 24.8. The van der Waals surface area contributed by atoms with Crippen molar-refractivity contribution in [2.45, 2.75) is 32.4 Å². The number of nitrogens with zero attached hydrogens (tertiary/aromatic N) is 5. The highest BCUT2D eigenvalue weighted by molar-refractivity contribution is 6.02. The van der Waals surface area contributed by atoms with Crippen molar-refractivity contribution in [3.8, 4) is 0 Å². The molecule has 188 valence electrons. The van der Waals surface area contributed by atoms with Crippen LogP contribution in [0.15, 0.2) is 53.8 Å². The second-order valence-corrected chi connectivity index (χ2v) is 9.40. The summed E-state index contributed by atoms with van der Waals surface area (Å²) < 4.78 is 7.44. The molecule has 3 amide bonds. The largest absolute Gasteiger partial charge is 0.379 e. The molecule has 1 fully saturated rings. The standard InChI is InChI=1S/C26H36N6O3/c1-20(2)27-26(34)31(13-12-30-14-16-35-17-15-30)19-25(33)32-24(21-8-5-4-6-9-21)18-22(28-32)23-10-7-11-29(23)3/h4-11,20,24H,12-19H2,1-3H3,(H,27,34). The van der Waals surface area contributed by atoms with Gasteiger partial charge in [-0.25, -0.2) is 9.80 Å². The zero-order valence-electron chi connectivity index (χ0n) is 20.9. The van der Waals surface area contributed by atoms with Gasteiger partial charge in [0.2, 0.25) is 0 Å². The maximum Gasteiger partial charge on any atom is 0.318 e. The van der Waals surface area contributed by atoms with Gasteiger partial charge in [0.05, 0.1) is 30.7 Å². The van der Waals surface area contributed by atoms with Crippen molar-refractivity contribution in [2.24, 2.45) is 12.1 Å². The van der Waals surface area contributed by atoms with Crippen LogP contribution in [0, 0.1) is 0 Å². The van der Waals surface area contributed by atoms with Gasteiger partial charge < -0.3 is 19.5 Å². The second kappa shape index (κ2) is 11.5. The van der Waals surface area contributed by atoms with E-state index >= 15 is 0 Å². The van der Waals surface area contributed by atoms with Crippen LogP contribution in [0.25, 0.3) is 0 Å². The first-order valence-corrected chi connectivity index (χ1v) is 12.3. The van der Waals surface area contributed by atoms with E-state index in [0.29, 0.717) is 32.7 Å². The number of aromatic nitrogens is 1. The van der Waals surface area contributed by atoms with E-state index in [-0.39, 0.29) is 30.6 Å². The summed E-state index contributed by atoms with van der Waals surface area (Å²) in [6.45, 7) is 8.02. The number of benzene rings is 1. The number of ether oxygens (including phenoxy) is 1. The van der Waals surface area contributed by atoms with Gasteiger partial charge >= 0.3 is 6.03 Å². The van der Waals surface area contributed by atoms with E-state index in [1.54, 1.807) is 9.91 Å². The smallest absolute Gasteiger partial charge is 0.318 e. The number of carbonyl (C=O) groups excluding carboxylic acids is 2. The molecule has 1 aromatic heterocycles. The van der Waals surface area contributed by atoms with Gasteiger partial charge in [-0.05, 0) is 31.5 Å². The number of hydrogen-bond donors (Lipinski definition) is 1. The van der Waals surface area contributed by atoms with E-state index < -0.39 is 0 Å². The van der Waals surface area contributed by atoms with E-state index in [0.717, 1.165) is 30.1 Å². The van der Waals surface area contributed by atoms with Crippen LogP contribution in [-0.2, 0) is 16.6 Å². The Morgan fingerprint density at radius 1 is 1.14 bits per heavy atom. The molecule has 2 aromatic rings. The van der Waals surface area contributed by atoms with E-state index in [2.05, 4.69) is 10.2 Å². The molecular formula is C26H36N6O3. The lowest BCUT2D eigenvalue weighted by atomic mass is 10.0. The number of hydrazone groups is 1. The maximum atomic E-state index is 13.6. The lowest BCUT2D eigenvalue weighted by Crippen LogP contribution is -2.50. The van der Waals surface area contributed by atoms with Gasteiger partial charge in [0.1, 0.15) is 6.54 Å². The molecule has 9 nitrogen and oxygen atoms in total. The van der Waals surface area contributed by atoms with Gasteiger partial charge in [-0.3, -0.25) is 9.69 Å². The van der Waals surface area contributed by atoms with Gasteiger partial charge in [0, 0.05) is 51.9 Å². The Labute approximate surface area is 207 Å². The molecule has 1 N–H and O–H groups in total. The van der Waals surface area contributed by atoms with Crippen molar-refractivity contribution in [1.29, 1.82) is 0 Å². The molecule has 0 aliphatic carbocycles. The van der Waals surface area contributed by atoms with Gasteiger partial charge in [0.15, 0.2) is 0 Å². The Hall–Kier alpha value is -3.17. The van der Waals surface area contributed by atoms with Crippen LogP contribution in [0.1, 0.15) is 37.6 Å². The predicted molar refractivity (Wildman–Crippen MR) is 135 cm³/mol. The van der Waals surface area contributed by atoms with Crippen LogP contribution < -0.4 is 5.32 Å². The first kappa shape index (κ1) is 24.9. The minimum absolute atomic E-state index is 0.0192. The van der Waals surface area contributed by atoms with Crippen LogP contribution >= 0.6 is 0 Å². The number of urea groups is 1. The quantitative estimate of drug-likeness (QED) is 0.629. The molecule has 35 heavy (non-hydrogen) atoms. The fourth-order valence-electron chi connectivity index (χ4n) is 4.50. The fraction of sp³-hybridized carbons (Fsp3) is 0.500. The summed E-state index contributed by atoms with van der Waals surface area (Å²) in [6.07, 6.45) is 2.60. The average molecular weight is 481 g/mol. The van der Waals surface area contributed by atoms with Crippen molar-refractivity contribution in [2.75, 3.05) is 45.9 Å². The first-order chi connectivity index (χ1) is 16.9. The Balaban J connectivity index is 1.53. The van der Waals surface area contributed by atoms with Crippen LogP contribution in [0.3, 0.4) is 0 Å². The Morgan fingerprint density at radius 3 is 2.54 bits per heavy atom. The van der Waals surface area contributed by atoms with Crippen molar-refractivity contribution < 1.29 is 14.3 Å². The number of aryl methyl sites for hydroxylation is 1. The summed E-state index contributed by atoms with van der Waals surface area (Å²) in [5.74, 6) is -0.191. The number of amides is 3. The average Bonchev–Trinajstić information content (AvgIpc) is 3.48. The molecule has 3 heterocycles. The molecule has 0 saturated carbocycles. The highest BCUT2D eigenvalue weighted by atomic mass is 16.5. The summed E-state index contributed by atoms with van der Waals surface area (Å²) in [6, 6.07) is 13.5. The third kappa shape index (κ3) is 6.29. The minimum Gasteiger partial charge on any atom is -0.379 e. The fourth-order valence-corrected chi connectivity index (χ4v) is 4.50. The van der Waals surface area contributed by atoms with E-state index in [1.165, 1.54) is 0 Å². The normalized spacial score (nSPS) is 18.6. The lowest BCUT2D eigenvalue weighted by Gasteiger charge is -2.31. The Bertz CT molecular complexity index is 1030. The second-order valence-electron chi connectivity index (χ2n) is 9.40. The molecule has 2 aliphatic heterocycles. The maximum absolute atomic E-state index is 13.6. The van der Waals surface area contributed by atoms with Crippen LogP contribution in [0.5, 0.6) is 0 Å². The van der Waals surface area contributed by atoms with Crippen LogP contribution in [0.2, 0.25) is 0 Å². The summed E-state index contributed by atoms with van der Waals surface area (Å²) >= 11 is 0. The predicted octanol–water partition coefficient (Wildman–Crippen LogP) is 2.46. The van der Waals surface area contributed by atoms with E-state index in [4.69, 9.17) is 9.84 Å². The molecular weight excluding hydrogens is 444 g/mol. The van der Waals surface area contributed by atoms with Gasteiger partial charge in [-0.2, -0.15) is 5.10 Å². The van der Waals surface area contributed by atoms with Crippen molar-refractivity contribution >= 4 is 17.6 Å². The molecule has 0 spiro atoms. The van der Waals surface area contributed by atoms with Crippen LogP contribution in [0.4, 0.5) is 4.79 Å². The summed E-state index contributed by atoms with van der Waals surface area (Å²) in [5.41, 5.74) is 2.88. The first-order valence-electron chi connectivity index (χ1n) is 12.3. The number of hydrogen-bond acceptors (Lipinski definition) is 5. The highest BCUT2D eigenvalue weighted by Crippen LogP contribution is 2.32. The number of morpholine rings is 1. The van der Waals surface area contributed by atoms with Gasteiger partial charge in [0.25, 0.3) is 5.91 Å². The van der Waals surface area contributed by atoms with E-state index in [9.17, 15) is 9.59 Å². The Morgan fingerprint density at radius 2 is 1.89 bits per heavy atom. The highest BCUT2D eigenvalue weighted by Gasteiger charge is 2.35. The third-order valence-corrected chi connectivity index (χ3v) is 6.40. The molecule has 1 saturated heterocycles. The molecule has 2 aliphatic rings. The Kier molecular flexibility index (Phi) is 8.20. The molecule has 1 unspecified atom stereocenters. The summed E-state index contributed by atoms with van der Waals surface area (Å²) in [7, 11) is 1.98. The SMILES string of the molecule is CC(C)NC(=O)N(CCN1CCOCC1)CC(=O)N1N=C(c2cccn2C)CC1c1ccccc1. The number of rotatable bonds is 8. The molecule has 4 rings (SSSR count). The molecule has 0 bridgehead atoms. The third-order valence-electron chi connectivity index (χ3n) is 6.40. The molecule has 1 atom stereocenters. The van der Waals surface area contributed by atoms with Crippen LogP contribution in [-0.4, -0.2) is 89.0 Å². The minimum atomic E-state index is -0.233. The van der Waals surface area contributed by atoms with E-state index in [1.807, 2.05) is 74.1 Å². The van der Waals surface area contributed by atoms with Gasteiger partial charge in [-0.15, -0.1) is 0 Å².